The van der Waals surface area contributed by atoms with Crippen LogP contribution in [0, 0.1) is 12.8 Å². The number of rotatable bonds is 3. The van der Waals surface area contributed by atoms with Crippen LogP contribution < -0.4 is 5.32 Å². The van der Waals surface area contributed by atoms with E-state index in [1.807, 2.05) is 25.1 Å². The highest BCUT2D eigenvalue weighted by atomic mass is 79.9. The summed E-state index contributed by atoms with van der Waals surface area (Å²) in [6.07, 6.45) is 4.99. The zero-order valence-electron chi connectivity index (χ0n) is 11.1. The molecule has 1 aromatic rings. The summed E-state index contributed by atoms with van der Waals surface area (Å²) in [5.74, 6) is 0.571. The van der Waals surface area contributed by atoms with Gasteiger partial charge < -0.3 is 5.32 Å². The molecule has 0 heterocycles. The Morgan fingerprint density at radius 3 is 2.84 bits per heavy atom. The van der Waals surface area contributed by atoms with Crippen molar-refractivity contribution in [2.75, 3.05) is 6.54 Å². The second-order valence-corrected chi connectivity index (χ2v) is 7.18. The monoisotopic (exact) mass is 387 g/mol. The third-order valence-electron chi connectivity index (χ3n) is 3.78. The minimum Gasteiger partial charge on any atom is -0.352 e. The van der Waals surface area contributed by atoms with E-state index in [-0.39, 0.29) is 5.91 Å². The molecule has 1 fully saturated rings. The van der Waals surface area contributed by atoms with Gasteiger partial charge in [-0.2, -0.15) is 0 Å². The molecule has 0 radical (unpaired) electrons. The summed E-state index contributed by atoms with van der Waals surface area (Å²) < 4.78 is 0.895. The van der Waals surface area contributed by atoms with Crippen molar-refractivity contribution in [3.63, 3.8) is 0 Å². The number of amides is 1. The van der Waals surface area contributed by atoms with Gasteiger partial charge >= 0.3 is 0 Å². The van der Waals surface area contributed by atoms with Gasteiger partial charge in [0.25, 0.3) is 5.91 Å². The first-order valence-electron chi connectivity index (χ1n) is 6.77. The highest BCUT2D eigenvalue weighted by molar-refractivity contribution is 9.10. The van der Waals surface area contributed by atoms with Crippen LogP contribution in [0.1, 0.15) is 41.6 Å². The van der Waals surface area contributed by atoms with Crippen molar-refractivity contribution in [3.05, 3.63) is 33.8 Å². The largest absolute Gasteiger partial charge is 0.352 e. The molecule has 2 atom stereocenters. The Balaban J connectivity index is 1.95. The maximum Gasteiger partial charge on any atom is 0.252 e. The smallest absolute Gasteiger partial charge is 0.252 e. The van der Waals surface area contributed by atoms with Gasteiger partial charge in [-0.05, 0) is 53.2 Å². The third kappa shape index (κ3) is 3.82. The minimum atomic E-state index is 0.0147. The lowest BCUT2D eigenvalue weighted by Crippen LogP contribution is -2.34. The number of nitrogens with one attached hydrogen (secondary N) is 1. The predicted octanol–water partition coefficient (Wildman–Crippen LogP) is 4.44. The van der Waals surface area contributed by atoms with Crippen molar-refractivity contribution in [2.24, 2.45) is 5.92 Å². The zero-order valence-corrected chi connectivity index (χ0v) is 14.3. The molecule has 4 heteroatoms. The van der Waals surface area contributed by atoms with E-state index in [0.29, 0.717) is 10.7 Å². The van der Waals surface area contributed by atoms with E-state index in [9.17, 15) is 4.79 Å². The molecule has 104 valence electrons. The van der Waals surface area contributed by atoms with Crippen LogP contribution in [0.3, 0.4) is 0 Å². The van der Waals surface area contributed by atoms with Gasteiger partial charge in [0.15, 0.2) is 0 Å². The maximum absolute atomic E-state index is 12.2. The summed E-state index contributed by atoms with van der Waals surface area (Å²) in [7, 11) is 0. The van der Waals surface area contributed by atoms with Gasteiger partial charge in [-0.1, -0.05) is 40.9 Å². The molecule has 0 aliphatic heterocycles. The highest BCUT2D eigenvalue weighted by Crippen LogP contribution is 2.29. The van der Waals surface area contributed by atoms with Crippen LogP contribution in [0.25, 0.3) is 0 Å². The molecular formula is C15H19Br2NO. The number of halogens is 2. The van der Waals surface area contributed by atoms with Crippen molar-refractivity contribution < 1.29 is 4.79 Å². The lowest BCUT2D eigenvalue weighted by atomic mass is 9.89. The molecule has 1 saturated carbocycles. The van der Waals surface area contributed by atoms with E-state index in [1.165, 1.54) is 25.7 Å². The van der Waals surface area contributed by atoms with E-state index in [2.05, 4.69) is 37.2 Å². The second kappa shape index (κ2) is 6.89. The molecule has 1 aromatic carbocycles. The molecule has 2 nitrogen and oxygen atoms in total. The van der Waals surface area contributed by atoms with Crippen molar-refractivity contribution >= 4 is 37.8 Å². The number of carbonyl (C=O) groups is 1. The van der Waals surface area contributed by atoms with E-state index >= 15 is 0 Å². The van der Waals surface area contributed by atoms with E-state index in [0.717, 1.165) is 22.1 Å². The molecule has 1 aliphatic rings. The van der Waals surface area contributed by atoms with Gasteiger partial charge in [0.2, 0.25) is 0 Å². The van der Waals surface area contributed by atoms with Crippen molar-refractivity contribution in [1.29, 1.82) is 0 Å². The Labute approximate surface area is 131 Å². The lowest BCUT2D eigenvalue weighted by molar-refractivity contribution is 0.0943. The number of carbonyl (C=O) groups excluding carboxylic acids is 1. The SMILES string of the molecule is Cc1cccc(C(=O)NCC2CCCCC2Br)c1Br. The number of hydrogen-bond acceptors (Lipinski definition) is 1. The van der Waals surface area contributed by atoms with Gasteiger partial charge in [0.1, 0.15) is 0 Å². The molecule has 2 unspecified atom stereocenters. The molecule has 19 heavy (non-hydrogen) atoms. The average Bonchev–Trinajstić information content (AvgIpc) is 2.40. The Kier molecular flexibility index (Phi) is 5.46. The van der Waals surface area contributed by atoms with Gasteiger partial charge in [0.05, 0.1) is 5.56 Å². The summed E-state index contributed by atoms with van der Waals surface area (Å²) in [6, 6.07) is 5.78. The lowest BCUT2D eigenvalue weighted by Gasteiger charge is -2.27. The molecule has 2 rings (SSSR count). The fourth-order valence-corrected chi connectivity index (χ4v) is 3.75. The molecule has 0 bridgehead atoms. The van der Waals surface area contributed by atoms with Crippen LogP contribution in [0.4, 0.5) is 0 Å². The summed E-state index contributed by atoms with van der Waals surface area (Å²) in [5.41, 5.74) is 1.81. The minimum absolute atomic E-state index is 0.0147. The summed E-state index contributed by atoms with van der Waals surface area (Å²) in [5, 5.41) is 3.07. The fraction of sp³-hybridized carbons (Fsp3) is 0.533. The number of aryl methyl sites for hydroxylation is 1. The van der Waals surface area contributed by atoms with E-state index in [4.69, 9.17) is 0 Å². The first-order valence-corrected chi connectivity index (χ1v) is 8.48. The van der Waals surface area contributed by atoms with Crippen molar-refractivity contribution in [1.82, 2.24) is 5.32 Å². The Morgan fingerprint density at radius 1 is 1.37 bits per heavy atom. The van der Waals surface area contributed by atoms with Gasteiger partial charge in [-0.3, -0.25) is 4.79 Å². The van der Waals surface area contributed by atoms with Crippen LogP contribution in [0.15, 0.2) is 22.7 Å². The second-order valence-electron chi connectivity index (χ2n) is 5.21. The van der Waals surface area contributed by atoms with Crippen LogP contribution in [-0.4, -0.2) is 17.3 Å². The molecule has 0 saturated heterocycles. The van der Waals surface area contributed by atoms with Crippen molar-refractivity contribution in [3.8, 4) is 0 Å². The third-order valence-corrected chi connectivity index (χ3v) is 6.04. The summed E-state index contributed by atoms with van der Waals surface area (Å²) in [4.78, 5) is 12.8. The number of benzene rings is 1. The van der Waals surface area contributed by atoms with Crippen LogP contribution in [0.5, 0.6) is 0 Å². The Bertz CT molecular complexity index is 461. The molecule has 1 amide bonds. The average molecular weight is 389 g/mol. The van der Waals surface area contributed by atoms with E-state index in [1.54, 1.807) is 0 Å². The first kappa shape index (κ1) is 15.0. The predicted molar refractivity (Wildman–Crippen MR) is 85.9 cm³/mol. The highest BCUT2D eigenvalue weighted by Gasteiger charge is 2.23. The van der Waals surface area contributed by atoms with Crippen LogP contribution in [0.2, 0.25) is 0 Å². The topological polar surface area (TPSA) is 29.1 Å². The van der Waals surface area contributed by atoms with E-state index < -0.39 is 0 Å². The normalized spacial score (nSPS) is 23.1. The maximum atomic E-state index is 12.2. The number of alkyl halides is 1. The van der Waals surface area contributed by atoms with Crippen molar-refractivity contribution in [2.45, 2.75) is 37.4 Å². The Hall–Kier alpha value is -0.350. The van der Waals surface area contributed by atoms with Gasteiger partial charge in [0, 0.05) is 15.8 Å². The van der Waals surface area contributed by atoms with Gasteiger partial charge in [-0.15, -0.1) is 0 Å². The zero-order chi connectivity index (χ0) is 13.8. The summed E-state index contributed by atoms with van der Waals surface area (Å²) >= 11 is 7.22. The molecular weight excluding hydrogens is 370 g/mol. The number of hydrogen-bond donors (Lipinski definition) is 1. The fourth-order valence-electron chi connectivity index (χ4n) is 2.53. The standard InChI is InChI=1S/C15H19Br2NO/c1-10-5-4-7-12(14(10)17)15(19)18-9-11-6-2-3-8-13(11)16/h4-5,7,11,13H,2-3,6,8-9H2,1H3,(H,18,19). The van der Waals surface area contributed by atoms with Crippen LogP contribution in [-0.2, 0) is 0 Å². The molecule has 1 aliphatic carbocycles. The molecule has 1 N–H and O–H groups in total. The Morgan fingerprint density at radius 2 is 2.11 bits per heavy atom. The molecule has 0 spiro atoms. The van der Waals surface area contributed by atoms with Crippen LogP contribution >= 0.6 is 31.9 Å². The quantitative estimate of drug-likeness (QED) is 0.762. The molecule has 0 aromatic heterocycles. The first-order chi connectivity index (χ1) is 9.09. The van der Waals surface area contributed by atoms with Gasteiger partial charge in [-0.25, -0.2) is 0 Å². The summed E-state index contributed by atoms with van der Waals surface area (Å²) in [6.45, 7) is 2.76.